The van der Waals surface area contributed by atoms with Gasteiger partial charge in [0.05, 0.1) is 5.69 Å². The fourth-order valence-electron chi connectivity index (χ4n) is 3.90. The third-order valence-corrected chi connectivity index (χ3v) is 5.48. The summed E-state index contributed by atoms with van der Waals surface area (Å²) < 4.78 is 4.17. The largest absolute Gasteiger partial charge is 0.313 e. The van der Waals surface area contributed by atoms with E-state index in [1.807, 2.05) is 29.2 Å². The maximum absolute atomic E-state index is 4.56. The Hall–Kier alpha value is -2.54. The summed E-state index contributed by atoms with van der Waals surface area (Å²) >= 11 is 0. The zero-order valence-corrected chi connectivity index (χ0v) is 16.1. The van der Waals surface area contributed by atoms with Crippen LogP contribution in [0.4, 0.5) is 0 Å². The molecule has 4 heterocycles. The molecule has 0 spiro atoms. The van der Waals surface area contributed by atoms with Crippen molar-refractivity contribution in [2.45, 2.75) is 52.2 Å². The molecule has 3 aromatic heterocycles. The molecule has 0 atom stereocenters. The lowest BCUT2D eigenvalue weighted by Gasteiger charge is -2.31. The number of likely N-dealkylation sites (tertiary alicyclic amines) is 1. The lowest BCUT2D eigenvalue weighted by atomic mass is 9.95. The van der Waals surface area contributed by atoms with Crippen LogP contribution in [0.1, 0.15) is 48.6 Å². The van der Waals surface area contributed by atoms with Gasteiger partial charge in [-0.1, -0.05) is 6.07 Å². The number of pyridine rings is 1. The van der Waals surface area contributed by atoms with Crippen molar-refractivity contribution in [3.63, 3.8) is 0 Å². The molecule has 4 rings (SSSR count). The molecule has 142 valence electrons. The Labute approximate surface area is 160 Å². The number of hydrogen-bond donors (Lipinski definition) is 0. The predicted molar refractivity (Wildman–Crippen MR) is 103 cm³/mol. The van der Waals surface area contributed by atoms with Crippen LogP contribution in [0.15, 0.2) is 36.8 Å². The molecule has 7 heteroatoms. The topological polar surface area (TPSA) is 64.7 Å². The van der Waals surface area contributed by atoms with E-state index in [1.165, 1.54) is 11.3 Å². The fraction of sp³-hybridized carbons (Fsp3) is 0.500. The van der Waals surface area contributed by atoms with E-state index in [0.717, 1.165) is 50.7 Å². The molecule has 0 amide bonds. The highest BCUT2D eigenvalue weighted by atomic mass is 15.3. The van der Waals surface area contributed by atoms with Gasteiger partial charge in [-0.15, -0.1) is 10.2 Å². The average Bonchev–Trinajstić information content (AvgIpc) is 3.34. The summed E-state index contributed by atoms with van der Waals surface area (Å²) in [6.45, 7) is 8.96. The first-order valence-electron chi connectivity index (χ1n) is 9.77. The number of piperidine rings is 1. The van der Waals surface area contributed by atoms with Gasteiger partial charge in [0.1, 0.15) is 12.4 Å². The van der Waals surface area contributed by atoms with Crippen molar-refractivity contribution < 1.29 is 0 Å². The van der Waals surface area contributed by atoms with Gasteiger partial charge >= 0.3 is 0 Å². The highest BCUT2D eigenvalue weighted by Gasteiger charge is 2.26. The lowest BCUT2D eigenvalue weighted by molar-refractivity contribution is 0.197. The number of aromatic nitrogens is 6. The molecule has 0 aromatic carbocycles. The van der Waals surface area contributed by atoms with Crippen LogP contribution in [0.2, 0.25) is 0 Å². The first kappa shape index (κ1) is 17.9. The van der Waals surface area contributed by atoms with E-state index >= 15 is 0 Å². The van der Waals surface area contributed by atoms with Gasteiger partial charge in [0.2, 0.25) is 0 Å². The number of rotatable bonds is 6. The fourth-order valence-corrected chi connectivity index (χ4v) is 3.90. The Morgan fingerprint density at radius 2 is 1.93 bits per heavy atom. The van der Waals surface area contributed by atoms with Crippen molar-refractivity contribution in [1.82, 2.24) is 34.4 Å². The Balaban J connectivity index is 1.41. The van der Waals surface area contributed by atoms with Crippen molar-refractivity contribution in [3.8, 4) is 0 Å². The third-order valence-electron chi connectivity index (χ3n) is 5.48. The molecule has 1 aliphatic rings. The smallest absolute Gasteiger partial charge is 0.154 e. The first-order valence-corrected chi connectivity index (χ1v) is 9.77. The zero-order chi connectivity index (χ0) is 18.6. The summed E-state index contributed by atoms with van der Waals surface area (Å²) in [6.07, 6.45) is 7.89. The molecule has 0 aliphatic carbocycles. The molecule has 7 nitrogen and oxygen atoms in total. The van der Waals surface area contributed by atoms with Crippen LogP contribution in [-0.4, -0.2) is 47.5 Å². The molecule has 0 radical (unpaired) electrons. The normalized spacial score (nSPS) is 16.1. The van der Waals surface area contributed by atoms with E-state index in [9.17, 15) is 0 Å². The molecule has 0 N–H and O–H groups in total. The van der Waals surface area contributed by atoms with Crippen LogP contribution in [-0.2, 0) is 19.6 Å². The van der Waals surface area contributed by atoms with E-state index in [2.05, 4.69) is 49.7 Å². The minimum Gasteiger partial charge on any atom is -0.313 e. The number of nitrogens with zero attached hydrogens (tertiary/aromatic N) is 7. The maximum Gasteiger partial charge on any atom is 0.154 e. The van der Waals surface area contributed by atoms with Gasteiger partial charge < -0.3 is 4.57 Å². The summed E-state index contributed by atoms with van der Waals surface area (Å²) in [6, 6.07) is 6.08. The van der Waals surface area contributed by atoms with E-state index < -0.39 is 0 Å². The quantitative estimate of drug-likeness (QED) is 0.672. The molecule has 1 fully saturated rings. The molecular weight excluding hydrogens is 338 g/mol. The van der Waals surface area contributed by atoms with Gasteiger partial charge in [0.15, 0.2) is 5.82 Å². The predicted octanol–water partition coefficient (Wildman–Crippen LogP) is 2.63. The molecule has 1 saturated heterocycles. The summed E-state index contributed by atoms with van der Waals surface area (Å²) in [5.74, 6) is 2.60. The van der Waals surface area contributed by atoms with Crippen LogP contribution in [0.3, 0.4) is 0 Å². The van der Waals surface area contributed by atoms with Gasteiger partial charge in [-0.2, -0.15) is 5.10 Å². The minimum absolute atomic E-state index is 0.477. The summed E-state index contributed by atoms with van der Waals surface area (Å²) in [7, 11) is 0. The van der Waals surface area contributed by atoms with Crippen molar-refractivity contribution >= 4 is 0 Å². The van der Waals surface area contributed by atoms with Crippen molar-refractivity contribution in [2.75, 3.05) is 13.1 Å². The van der Waals surface area contributed by atoms with Gasteiger partial charge in [0, 0.05) is 37.6 Å². The van der Waals surface area contributed by atoms with Crippen LogP contribution < -0.4 is 0 Å². The van der Waals surface area contributed by atoms with Crippen LogP contribution in [0, 0.1) is 6.92 Å². The molecular formula is C20H27N7. The molecule has 0 unspecified atom stereocenters. The highest BCUT2D eigenvalue weighted by Crippen LogP contribution is 2.28. The molecule has 3 aromatic rings. The van der Waals surface area contributed by atoms with Gasteiger partial charge in [0.25, 0.3) is 0 Å². The summed E-state index contributed by atoms with van der Waals surface area (Å²) in [5, 5.41) is 13.3. The maximum atomic E-state index is 4.56. The van der Waals surface area contributed by atoms with Gasteiger partial charge in [-0.05, 0) is 57.5 Å². The second kappa shape index (κ2) is 8.00. The van der Waals surface area contributed by atoms with Crippen molar-refractivity contribution in [1.29, 1.82) is 0 Å². The third kappa shape index (κ3) is 3.93. The Morgan fingerprint density at radius 1 is 1.07 bits per heavy atom. The van der Waals surface area contributed by atoms with Crippen molar-refractivity contribution in [3.05, 3.63) is 59.7 Å². The van der Waals surface area contributed by atoms with E-state index in [4.69, 9.17) is 0 Å². The number of hydrogen-bond acceptors (Lipinski definition) is 5. The molecule has 27 heavy (non-hydrogen) atoms. The van der Waals surface area contributed by atoms with Crippen LogP contribution in [0.5, 0.6) is 0 Å². The Kier molecular flexibility index (Phi) is 5.29. The molecule has 0 saturated carbocycles. The second-order valence-electron chi connectivity index (χ2n) is 7.24. The summed E-state index contributed by atoms with van der Waals surface area (Å²) in [5.41, 5.74) is 2.46. The highest BCUT2D eigenvalue weighted by molar-refractivity contribution is 5.17. The number of aryl methyl sites for hydroxylation is 1. The SMILES string of the molecule is CCn1c(Cn2cccn2)nnc1C1CCN(Cc2ncccc2C)CC1. The average molecular weight is 365 g/mol. The lowest BCUT2D eigenvalue weighted by Crippen LogP contribution is -2.33. The monoisotopic (exact) mass is 365 g/mol. The second-order valence-corrected chi connectivity index (χ2v) is 7.24. The van der Waals surface area contributed by atoms with Gasteiger partial charge in [-0.25, -0.2) is 0 Å². The van der Waals surface area contributed by atoms with Crippen LogP contribution in [0.25, 0.3) is 0 Å². The minimum atomic E-state index is 0.477. The van der Waals surface area contributed by atoms with E-state index in [1.54, 1.807) is 6.20 Å². The molecule has 1 aliphatic heterocycles. The Morgan fingerprint density at radius 3 is 2.63 bits per heavy atom. The Bertz CT molecular complexity index is 860. The summed E-state index contributed by atoms with van der Waals surface area (Å²) in [4.78, 5) is 7.04. The molecule has 0 bridgehead atoms. The van der Waals surface area contributed by atoms with Crippen molar-refractivity contribution in [2.24, 2.45) is 0 Å². The van der Waals surface area contributed by atoms with Crippen LogP contribution >= 0.6 is 0 Å². The van der Waals surface area contributed by atoms with E-state index in [-0.39, 0.29) is 0 Å². The van der Waals surface area contributed by atoms with Gasteiger partial charge in [-0.3, -0.25) is 14.6 Å². The first-order chi connectivity index (χ1) is 13.2. The zero-order valence-electron chi connectivity index (χ0n) is 16.1. The van der Waals surface area contributed by atoms with E-state index in [0.29, 0.717) is 12.5 Å². The standard InChI is InChI=1S/C20H27N7/c1-3-27-19(15-26-11-5-10-22-26)23-24-20(27)17-7-12-25(13-8-17)14-18-16(2)6-4-9-21-18/h4-6,9-11,17H,3,7-8,12-15H2,1-2H3.